The maximum absolute atomic E-state index is 9.90. The molecule has 1 aliphatic rings. The standard InChI is InChI=1S/C11H13ClO.CO2/c12-10-4-2-9(3-5-10)8-11(13)6-1-7-11;2-1-3/h2-5,13H,1,6-8H2;. The first-order valence-corrected chi connectivity index (χ1v) is 5.43. The predicted octanol–water partition coefficient (Wildman–Crippen LogP) is 2.21. The van der Waals surface area contributed by atoms with Crippen molar-refractivity contribution < 1.29 is 14.7 Å². The van der Waals surface area contributed by atoms with E-state index in [1.165, 1.54) is 5.56 Å². The molecule has 0 amide bonds. The SMILES string of the molecule is O=C=O.OC1(Cc2ccc(Cl)cc2)CCC1. The van der Waals surface area contributed by atoms with Gasteiger partial charge in [0.05, 0.1) is 5.60 Å². The van der Waals surface area contributed by atoms with Crippen LogP contribution >= 0.6 is 11.6 Å². The summed E-state index contributed by atoms with van der Waals surface area (Å²) in [5.74, 6) is 0. The van der Waals surface area contributed by atoms with E-state index in [4.69, 9.17) is 21.2 Å². The van der Waals surface area contributed by atoms with Crippen LogP contribution in [0.3, 0.4) is 0 Å². The lowest BCUT2D eigenvalue weighted by Gasteiger charge is -2.36. The number of hydrogen-bond acceptors (Lipinski definition) is 3. The van der Waals surface area contributed by atoms with Crippen LogP contribution in [0.2, 0.25) is 5.02 Å². The second-order valence-electron chi connectivity index (χ2n) is 3.96. The van der Waals surface area contributed by atoms with Gasteiger partial charge in [0, 0.05) is 11.4 Å². The zero-order valence-electron chi connectivity index (χ0n) is 8.78. The van der Waals surface area contributed by atoms with E-state index in [1.807, 2.05) is 24.3 Å². The first-order valence-electron chi connectivity index (χ1n) is 5.06. The number of hydrogen-bond donors (Lipinski definition) is 1. The van der Waals surface area contributed by atoms with Gasteiger partial charge in [-0.2, -0.15) is 9.59 Å². The predicted molar refractivity (Wildman–Crippen MR) is 59.0 cm³/mol. The molecule has 0 heterocycles. The van der Waals surface area contributed by atoms with Crippen molar-refractivity contribution in [3.05, 3.63) is 34.9 Å². The highest BCUT2D eigenvalue weighted by Gasteiger charge is 2.34. The lowest BCUT2D eigenvalue weighted by molar-refractivity contribution is -0.191. The Hall–Kier alpha value is -1.15. The number of benzene rings is 1. The second kappa shape index (κ2) is 5.80. The quantitative estimate of drug-likeness (QED) is 0.862. The molecule has 86 valence electrons. The van der Waals surface area contributed by atoms with Gasteiger partial charge in [0.25, 0.3) is 0 Å². The largest absolute Gasteiger partial charge is 0.390 e. The molecule has 1 aromatic rings. The van der Waals surface area contributed by atoms with E-state index in [2.05, 4.69) is 0 Å². The highest BCUT2D eigenvalue weighted by Crippen LogP contribution is 2.34. The van der Waals surface area contributed by atoms with E-state index >= 15 is 0 Å². The van der Waals surface area contributed by atoms with Gasteiger partial charge in [-0.05, 0) is 37.0 Å². The summed E-state index contributed by atoms with van der Waals surface area (Å²) in [6.45, 7) is 0. The average Bonchev–Trinajstić information content (AvgIpc) is 2.20. The Labute approximate surface area is 99.0 Å². The van der Waals surface area contributed by atoms with Crippen LogP contribution in [0, 0.1) is 0 Å². The van der Waals surface area contributed by atoms with Crippen molar-refractivity contribution in [2.75, 3.05) is 0 Å². The van der Waals surface area contributed by atoms with Gasteiger partial charge >= 0.3 is 6.15 Å². The fourth-order valence-electron chi connectivity index (χ4n) is 1.74. The summed E-state index contributed by atoms with van der Waals surface area (Å²) in [7, 11) is 0. The van der Waals surface area contributed by atoms with E-state index in [9.17, 15) is 5.11 Å². The maximum Gasteiger partial charge on any atom is 0.373 e. The van der Waals surface area contributed by atoms with Gasteiger partial charge in [-0.3, -0.25) is 0 Å². The monoisotopic (exact) mass is 240 g/mol. The van der Waals surface area contributed by atoms with Crippen LogP contribution in [0.25, 0.3) is 0 Å². The summed E-state index contributed by atoms with van der Waals surface area (Å²) >= 11 is 5.77. The molecule has 1 saturated carbocycles. The van der Waals surface area contributed by atoms with Crippen LogP contribution in [0.15, 0.2) is 24.3 Å². The lowest BCUT2D eigenvalue weighted by atomic mass is 9.76. The van der Waals surface area contributed by atoms with Crippen LogP contribution in [-0.2, 0) is 16.0 Å². The lowest BCUT2D eigenvalue weighted by Crippen LogP contribution is -2.38. The van der Waals surface area contributed by atoms with Crippen molar-refractivity contribution in [2.24, 2.45) is 0 Å². The third-order valence-electron chi connectivity index (χ3n) is 2.73. The van der Waals surface area contributed by atoms with Gasteiger partial charge in [-0.1, -0.05) is 23.7 Å². The van der Waals surface area contributed by atoms with Gasteiger partial charge in [-0.15, -0.1) is 0 Å². The van der Waals surface area contributed by atoms with E-state index in [0.29, 0.717) is 0 Å². The van der Waals surface area contributed by atoms with Crippen molar-refractivity contribution >= 4 is 17.8 Å². The molecule has 2 rings (SSSR count). The Morgan fingerprint density at radius 1 is 1.25 bits per heavy atom. The molecule has 0 radical (unpaired) electrons. The van der Waals surface area contributed by atoms with Gasteiger partial charge in [0.1, 0.15) is 0 Å². The zero-order valence-corrected chi connectivity index (χ0v) is 9.54. The third-order valence-corrected chi connectivity index (χ3v) is 2.98. The van der Waals surface area contributed by atoms with Gasteiger partial charge in [0.2, 0.25) is 0 Å². The molecule has 1 N–H and O–H groups in total. The van der Waals surface area contributed by atoms with E-state index in [-0.39, 0.29) is 6.15 Å². The maximum atomic E-state index is 9.90. The van der Waals surface area contributed by atoms with Gasteiger partial charge in [0.15, 0.2) is 0 Å². The molecule has 0 aliphatic heterocycles. The normalized spacial score (nSPS) is 16.4. The summed E-state index contributed by atoms with van der Waals surface area (Å²) in [5, 5.41) is 10.7. The topological polar surface area (TPSA) is 54.4 Å². The summed E-state index contributed by atoms with van der Waals surface area (Å²) in [4.78, 5) is 16.2. The Kier molecular flexibility index (Phi) is 4.69. The molecular weight excluding hydrogens is 228 g/mol. The molecule has 0 unspecified atom stereocenters. The molecule has 0 bridgehead atoms. The molecule has 0 atom stereocenters. The molecule has 16 heavy (non-hydrogen) atoms. The van der Waals surface area contributed by atoms with E-state index in [0.717, 1.165) is 30.7 Å². The van der Waals surface area contributed by atoms with Crippen molar-refractivity contribution in [1.82, 2.24) is 0 Å². The Morgan fingerprint density at radius 2 is 1.75 bits per heavy atom. The van der Waals surface area contributed by atoms with Crippen molar-refractivity contribution in [3.63, 3.8) is 0 Å². The van der Waals surface area contributed by atoms with Crippen LogP contribution in [-0.4, -0.2) is 16.9 Å². The molecule has 0 saturated heterocycles. The fraction of sp³-hybridized carbons (Fsp3) is 0.417. The van der Waals surface area contributed by atoms with Crippen LogP contribution in [0.4, 0.5) is 0 Å². The first-order chi connectivity index (χ1) is 7.59. The average molecular weight is 241 g/mol. The minimum absolute atomic E-state index is 0.250. The molecule has 1 fully saturated rings. The second-order valence-corrected chi connectivity index (χ2v) is 4.40. The molecular formula is C12H13ClO3. The number of rotatable bonds is 2. The molecule has 1 aromatic carbocycles. The minimum Gasteiger partial charge on any atom is -0.390 e. The summed E-state index contributed by atoms with van der Waals surface area (Å²) in [6.07, 6.45) is 4.06. The van der Waals surface area contributed by atoms with Crippen LogP contribution in [0.5, 0.6) is 0 Å². The summed E-state index contributed by atoms with van der Waals surface area (Å²) in [6, 6.07) is 7.72. The van der Waals surface area contributed by atoms with E-state index in [1.54, 1.807) is 0 Å². The molecule has 0 spiro atoms. The van der Waals surface area contributed by atoms with Crippen molar-refractivity contribution in [2.45, 2.75) is 31.3 Å². The molecule has 4 heteroatoms. The molecule has 1 aliphatic carbocycles. The number of halogens is 1. The Balaban J connectivity index is 0.000000386. The van der Waals surface area contributed by atoms with Crippen LogP contribution in [0.1, 0.15) is 24.8 Å². The zero-order chi connectivity index (χ0) is 12.0. The minimum atomic E-state index is -0.423. The first kappa shape index (κ1) is 12.9. The fourth-order valence-corrected chi connectivity index (χ4v) is 1.87. The third kappa shape index (κ3) is 3.78. The number of aliphatic hydroxyl groups is 1. The Morgan fingerprint density at radius 3 is 2.12 bits per heavy atom. The summed E-state index contributed by atoms with van der Waals surface area (Å²) in [5.41, 5.74) is 0.750. The summed E-state index contributed by atoms with van der Waals surface area (Å²) < 4.78 is 0. The molecule has 3 nitrogen and oxygen atoms in total. The smallest absolute Gasteiger partial charge is 0.373 e. The van der Waals surface area contributed by atoms with Gasteiger partial charge in [-0.25, -0.2) is 0 Å². The highest BCUT2D eigenvalue weighted by molar-refractivity contribution is 6.30. The number of carbonyl (C=O) groups excluding carboxylic acids is 2. The van der Waals surface area contributed by atoms with Crippen molar-refractivity contribution in [3.8, 4) is 0 Å². The Bertz CT molecular complexity index is 362. The highest BCUT2D eigenvalue weighted by atomic mass is 35.5. The van der Waals surface area contributed by atoms with Crippen molar-refractivity contribution in [1.29, 1.82) is 0 Å². The van der Waals surface area contributed by atoms with Gasteiger partial charge < -0.3 is 5.11 Å². The van der Waals surface area contributed by atoms with E-state index < -0.39 is 5.60 Å². The van der Waals surface area contributed by atoms with Crippen LogP contribution < -0.4 is 0 Å². The molecule has 0 aromatic heterocycles.